The van der Waals surface area contributed by atoms with E-state index >= 15 is 0 Å². The van der Waals surface area contributed by atoms with Gasteiger partial charge in [0.1, 0.15) is 0 Å². The summed E-state index contributed by atoms with van der Waals surface area (Å²) in [6, 6.07) is 33.5. The van der Waals surface area contributed by atoms with E-state index in [0.717, 1.165) is 91.0 Å². The van der Waals surface area contributed by atoms with Gasteiger partial charge in [-0.1, -0.05) is 91.0 Å². The van der Waals surface area contributed by atoms with E-state index in [1.807, 2.05) is 38.1 Å². The summed E-state index contributed by atoms with van der Waals surface area (Å²) in [6.07, 6.45) is 6.57. The molecule has 3 aliphatic heterocycles. The van der Waals surface area contributed by atoms with Crippen molar-refractivity contribution in [3.63, 3.8) is 0 Å². The first-order valence-electron chi connectivity index (χ1n) is 21.1. The number of likely N-dealkylation sites (tertiary alicyclic amines) is 3. The molecule has 0 bridgehead atoms. The van der Waals surface area contributed by atoms with Gasteiger partial charge in [-0.15, -0.1) is 0 Å². The van der Waals surface area contributed by atoms with Gasteiger partial charge in [-0.05, 0) is 127 Å². The SMILES string of the molecule is CCOC(=O)C1(CC#N)CCN(Cc2ccccc2)CC1.CCOC(=O)C1CCN(Cc2ccccc2)CC1.NCCC1(CO)CCN(Cc2ccccc2)CC1. The average molecular weight is 782 g/mol. The van der Waals surface area contributed by atoms with Crippen molar-refractivity contribution in [1.82, 2.24) is 14.7 Å². The summed E-state index contributed by atoms with van der Waals surface area (Å²) in [6.45, 7) is 14.1. The molecule has 3 aromatic rings. The standard InChI is InChI=1S/C17H22N2O2.C15H24N2O.C15H21NO2/c1-2-21-16(20)17(8-11-18)9-12-19(13-10-17)14-15-6-4-3-5-7-15;16-9-6-15(13-18)7-10-17(11-8-15)12-14-4-2-1-3-5-14;1-2-18-15(17)14-8-10-16(11-9-14)12-13-6-4-3-5-7-13/h3-7H,2,8-10,12-14H2,1H3;1-5,18H,6-13,16H2;3-7,14H,2,8-12H2,1H3. The number of rotatable bonds is 14. The van der Waals surface area contributed by atoms with Gasteiger partial charge in [0.2, 0.25) is 0 Å². The number of nitrogens with two attached hydrogens (primary N) is 1. The first-order valence-corrected chi connectivity index (χ1v) is 21.1. The maximum atomic E-state index is 12.2. The molecule has 0 spiro atoms. The van der Waals surface area contributed by atoms with Gasteiger partial charge in [0.25, 0.3) is 0 Å². The molecule has 0 unspecified atom stereocenters. The topological polar surface area (TPSA) is 132 Å². The second-order valence-corrected chi connectivity index (χ2v) is 15.8. The summed E-state index contributed by atoms with van der Waals surface area (Å²) in [7, 11) is 0. The summed E-state index contributed by atoms with van der Waals surface area (Å²) >= 11 is 0. The smallest absolute Gasteiger partial charge is 0.313 e. The molecule has 0 aliphatic carbocycles. The van der Waals surface area contributed by atoms with Gasteiger partial charge in [-0.3, -0.25) is 24.3 Å². The van der Waals surface area contributed by atoms with Gasteiger partial charge < -0.3 is 20.3 Å². The fraction of sp³-hybridized carbons (Fsp3) is 0.553. The third kappa shape index (κ3) is 15.0. The first-order chi connectivity index (χ1) is 27.8. The van der Waals surface area contributed by atoms with Crippen LogP contribution in [0.4, 0.5) is 0 Å². The third-order valence-electron chi connectivity index (χ3n) is 11.8. The van der Waals surface area contributed by atoms with Crippen LogP contribution in [-0.2, 0) is 38.7 Å². The van der Waals surface area contributed by atoms with E-state index < -0.39 is 5.41 Å². The van der Waals surface area contributed by atoms with E-state index in [-0.39, 0.29) is 36.3 Å². The highest BCUT2D eigenvalue weighted by molar-refractivity contribution is 5.77. The summed E-state index contributed by atoms with van der Waals surface area (Å²) < 4.78 is 10.3. The zero-order chi connectivity index (χ0) is 40.8. The lowest BCUT2D eigenvalue weighted by Crippen LogP contribution is -2.44. The number of nitrogens with zero attached hydrogens (tertiary/aromatic N) is 4. The number of ether oxygens (including phenoxy) is 2. The quantitative estimate of drug-likeness (QED) is 0.168. The van der Waals surface area contributed by atoms with Crippen molar-refractivity contribution in [3.05, 3.63) is 108 Å². The van der Waals surface area contributed by atoms with Crippen molar-refractivity contribution in [3.8, 4) is 6.07 Å². The minimum absolute atomic E-state index is 0.0168. The Kier molecular flexibility index (Phi) is 19.7. The number of aliphatic hydroxyl groups excluding tert-OH is 1. The fourth-order valence-electron chi connectivity index (χ4n) is 8.12. The van der Waals surface area contributed by atoms with Crippen molar-refractivity contribution in [2.24, 2.45) is 22.5 Å². The predicted octanol–water partition coefficient (Wildman–Crippen LogP) is 6.82. The predicted molar refractivity (Wildman–Crippen MR) is 225 cm³/mol. The monoisotopic (exact) mass is 782 g/mol. The molecule has 0 aromatic heterocycles. The van der Waals surface area contributed by atoms with Gasteiger partial charge in [0.15, 0.2) is 0 Å². The molecule has 10 nitrogen and oxygen atoms in total. The average Bonchev–Trinajstić information content (AvgIpc) is 3.25. The Hall–Kier alpha value is -4.11. The van der Waals surface area contributed by atoms with Crippen molar-refractivity contribution in [2.45, 2.75) is 84.8 Å². The maximum absolute atomic E-state index is 12.2. The zero-order valence-electron chi connectivity index (χ0n) is 34.5. The molecule has 6 rings (SSSR count). The Labute approximate surface area is 341 Å². The Morgan fingerprint density at radius 1 is 0.702 bits per heavy atom. The largest absolute Gasteiger partial charge is 0.466 e. The number of benzene rings is 3. The minimum atomic E-state index is -0.599. The van der Waals surface area contributed by atoms with Crippen LogP contribution >= 0.6 is 0 Å². The van der Waals surface area contributed by atoms with E-state index in [4.69, 9.17) is 20.5 Å². The lowest BCUT2D eigenvalue weighted by atomic mass is 9.76. The molecule has 3 heterocycles. The molecule has 10 heteroatoms. The molecule has 57 heavy (non-hydrogen) atoms. The summed E-state index contributed by atoms with van der Waals surface area (Å²) in [5, 5.41) is 18.6. The van der Waals surface area contributed by atoms with E-state index in [1.165, 1.54) is 16.7 Å². The van der Waals surface area contributed by atoms with Crippen LogP contribution in [-0.4, -0.2) is 97.4 Å². The molecule has 3 fully saturated rings. The Morgan fingerprint density at radius 2 is 1.12 bits per heavy atom. The van der Waals surface area contributed by atoms with E-state index in [2.05, 4.69) is 87.5 Å². The van der Waals surface area contributed by atoms with Crippen LogP contribution in [0.5, 0.6) is 0 Å². The molecule has 310 valence electrons. The van der Waals surface area contributed by atoms with Gasteiger partial charge >= 0.3 is 11.9 Å². The highest BCUT2D eigenvalue weighted by Crippen LogP contribution is 2.37. The van der Waals surface area contributed by atoms with Gasteiger partial charge in [-0.2, -0.15) is 5.26 Å². The first kappa shape index (κ1) is 45.6. The van der Waals surface area contributed by atoms with Gasteiger partial charge in [-0.25, -0.2) is 0 Å². The molecule has 3 saturated heterocycles. The lowest BCUT2D eigenvalue weighted by molar-refractivity contribution is -0.158. The number of piperidine rings is 3. The van der Waals surface area contributed by atoms with Crippen LogP contribution in [0, 0.1) is 28.1 Å². The van der Waals surface area contributed by atoms with E-state index in [9.17, 15) is 14.7 Å². The lowest BCUT2D eigenvalue weighted by Gasteiger charge is -2.40. The van der Waals surface area contributed by atoms with Crippen LogP contribution in [0.3, 0.4) is 0 Å². The van der Waals surface area contributed by atoms with Gasteiger partial charge in [0, 0.05) is 26.2 Å². The van der Waals surface area contributed by atoms with Crippen LogP contribution in [0.15, 0.2) is 91.0 Å². The molecular weight excluding hydrogens is 715 g/mol. The van der Waals surface area contributed by atoms with Crippen molar-refractivity contribution >= 4 is 11.9 Å². The number of hydrogen-bond acceptors (Lipinski definition) is 10. The Bertz CT molecular complexity index is 1600. The van der Waals surface area contributed by atoms with E-state index in [0.29, 0.717) is 32.6 Å². The van der Waals surface area contributed by atoms with Crippen LogP contribution in [0.25, 0.3) is 0 Å². The molecule has 3 aromatic carbocycles. The maximum Gasteiger partial charge on any atom is 0.313 e. The number of hydrogen-bond donors (Lipinski definition) is 2. The Balaban J connectivity index is 0.000000190. The zero-order valence-corrected chi connectivity index (χ0v) is 34.5. The number of esters is 2. The number of aliphatic hydroxyl groups is 1. The number of carbonyl (C=O) groups is 2. The van der Waals surface area contributed by atoms with Crippen molar-refractivity contribution in [1.29, 1.82) is 5.26 Å². The molecule has 3 aliphatic rings. The molecular formula is C47H67N5O5. The van der Waals surface area contributed by atoms with Gasteiger partial charge in [0.05, 0.1) is 37.0 Å². The second-order valence-electron chi connectivity index (χ2n) is 15.8. The number of carbonyl (C=O) groups excluding carboxylic acids is 2. The number of nitriles is 1. The van der Waals surface area contributed by atoms with E-state index in [1.54, 1.807) is 0 Å². The fourth-order valence-corrected chi connectivity index (χ4v) is 8.12. The highest BCUT2D eigenvalue weighted by Gasteiger charge is 2.42. The van der Waals surface area contributed by atoms with Crippen LogP contribution in [0.1, 0.15) is 81.9 Å². The van der Waals surface area contributed by atoms with Crippen molar-refractivity contribution < 1.29 is 24.2 Å². The van der Waals surface area contributed by atoms with Crippen molar-refractivity contribution in [2.75, 3.05) is 65.6 Å². The molecule has 0 saturated carbocycles. The molecule has 0 atom stereocenters. The molecule has 0 amide bonds. The summed E-state index contributed by atoms with van der Waals surface area (Å²) in [5.74, 6) is -0.111. The Morgan fingerprint density at radius 3 is 1.51 bits per heavy atom. The third-order valence-corrected chi connectivity index (χ3v) is 11.8. The van der Waals surface area contributed by atoms with Crippen LogP contribution < -0.4 is 5.73 Å². The highest BCUT2D eigenvalue weighted by atomic mass is 16.5. The minimum Gasteiger partial charge on any atom is -0.466 e. The summed E-state index contributed by atoms with van der Waals surface area (Å²) in [4.78, 5) is 31.0. The molecule has 0 radical (unpaired) electrons. The normalized spacial score (nSPS) is 18.4. The second kappa shape index (κ2) is 24.6. The van der Waals surface area contributed by atoms with Crippen LogP contribution in [0.2, 0.25) is 0 Å². The molecule has 3 N–H and O–H groups in total. The summed E-state index contributed by atoms with van der Waals surface area (Å²) in [5.41, 5.74) is 9.13.